The lowest BCUT2D eigenvalue weighted by Gasteiger charge is -2.25. The van der Waals surface area contributed by atoms with E-state index in [1.54, 1.807) is 0 Å². The molecule has 0 aromatic heterocycles. The van der Waals surface area contributed by atoms with E-state index in [9.17, 15) is 4.79 Å². The summed E-state index contributed by atoms with van der Waals surface area (Å²) >= 11 is 0. The summed E-state index contributed by atoms with van der Waals surface area (Å²) in [4.78, 5) is 14.7. The standard InChI is InChI=1S/C19H30N2O/c1-5-12-21(13-15-10-11-15)19(22)20-18-16(6-2)8-7-9-17(18)14(3)4/h7-9,14-15H,5-6,10-13H2,1-4H3,(H,20,22). The van der Waals surface area contributed by atoms with Gasteiger partial charge < -0.3 is 10.2 Å². The monoisotopic (exact) mass is 302 g/mol. The number of benzene rings is 1. The van der Waals surface area contributed by atoms with Gasteiger partial charge in [-0.3, -0.25) is 0 Å². The highest BCUT2D eigenvalue weighted by atomic mass is 16.2. The van der Waals surface area contributed by atoms with Crippen LogP contribution in [0.25, 0.3) is 0 Å². The van der Waals surface area contributed by atoms with Crippen LogP contribution < -0.4 is 5.32 Å². The van der Waals surface area contributed by atoms with Crippen LogP contribution in [0.4, 0.5) is 10.5 Å². The van der Waals surface area contributed by atoms with Crippen molar-refractivity contribution in [2.45, 2.75) is 59.3 Å². The molecular weight excluding hydrogens is 272 g/mol. The molecule has 0 saturated heterocycles. The van der Waals surface area contributed by atoms with Crippen LogP contribution in [0.2, 0.25) is 0 Å². The van der Waals surface area contributed by atoms with E-state index in [1.807, 2.05) is 4.90 Å². The first-order chi connectivity index (χ1) is 10.6. The molecule has 3 nitrogen and oxygen atoms in total. The third-order valence-electron chi connectivity index (χ3n) is 4.37. The molecule has 0 aliphatic heterocycles. The van der Waals surface area contributed by atoms with Crippen molar-refractivity contribution in [3.05, 3.63) is 29.3 Å². The lowest BCUT2D eigenvalue weighted by atomic mass is 9.96. The molecule has 1 N–H and O–H groups in total. The van der Waals surface area contributed by atoms with Gasteiger partial charge in [0.2, 0.25) is 0 Å². The Morgan fingerprint density at radius 2 is 2.05 bits per heavy atom. The van der Waals surface area contributed by atoms with Gasteiger partial charge in [0.15, 0.2) is 0 Å². The summed E-state index contributed by atoms with van der Waals surface area (Å²) in [5.41, 5.74) is 3.49. The number of anilines is 1. The van der Waals surface area contributed by atoms with Crippen molar-refractivity contribution >= 4 is 11.7 Å². The van der Waals surface area contributed by atoms with Crippen molar-refractivity contribution in [2.24, 2.45) is 5.92 Å². The molecule has 1 aliphatic carbocycles. The zero-order valence-electron chi connectivity index (χ0n) is 14.5. The Balaban J connectivity index is 2.17. The molecule has 122 valence electrons. The highest BCUT2D eigenvalue weighted by Gasteiger charge is 2.27. The third kappa shape index (κ3) is 4.25. The molecule has 2 amide bonds. The molecule has 0 radical (unpaired) electrons. The molecule has 0 spiro atoms. The number of carbonyl (C=O) groups excluding carboxylic acids is 1. The molecule has 0 heterocycles. The minimum absolute atomic E-state index is 0.0662. The van der Waals surface area contributed by atoms with Gasteiger partial charge in [0, 0.05) is 18.8 Å². The fourth-order valence-electron chi connectivity index (χ4n) is 2.89. The normalized spacial score (nSPS) is 14.2. The fourth-order valence-corrected chi connectivity index (χ4v) is 2.89. The van der Waals surface area contributed by atoms with Gasteiger partial charge in [-0.2, -0.15) is 0 Å². The zero-order valence-corrected chi connectivity index (χ0v) is 14.5. The Labute approximate surface area is 135 Å². The Bertz CT molecular complexity index is 506. The molecule has 0 bridgehead atoms. The highest BCUT2D eigenvalue weighted by Crippen LogP contribution is 2.31. The molecule has 0 atom stereocenters. The SMILES string of the molecule is CCCN(CC1CC1)C(=O)Nc1c(CC)cccc1C(C)C. The third-order valence-corrected chi connectivity index (χ3v) is 4.37. The van der Waals surface area contributed by atoms with Crippen LogP contribution >= 0.6 is 0 Å². The molecule has 0 unspecified atom stereocenters. The predicted octanol–water partition coefficient (Wildman–Crippen LogP) is 5.03. The highest BCUT2D eigenvalue weighted by molar-refractivity contribution is 5.91. The predicted molar refractivity (Wildman–Crippen MR) is 93.5 cm³/mol. The maximum atomic E-state index is 12.7. The number of nitrogens with zero attached hydrogens (tertiary/aromatic N) is 1. The Hall–Kier alpha value is -1.51. The minimum Gasteiger partial charge on any atom is -0.324 e. The number of amides is 2. The topological polar surface area (TPSA) is 32.3 Å². The first-order valence-electron chi connectivity index (χ1n) is 8.74. The van der Waals surface area contributed by atoms with Crippen molar-refractivity contribution in [1.29, 1.82) is 0 Å². The summed E-state index contributed by atoms with van der Waals surface area (Å²) in [5, 5.41) is 3.22. The van der Waals surface area contributed by atoms with E-state index in [4.69, 9.17) is 0 Å². The second kappa shape index (κ2) is 7.66. The maximum Gasteiger partial charge on any atom is 0.321 e. The van der Waals surface area contributed by atoms with Gasteiger partial charge >= 0.3 is 6.03 Å². The average molecular weight is 302 g/mol. The number of rotatable bonds is 7. The van der Waals surface area contributed by atoms with Crippen LogP contribution in [0.15, 0.2) is 18.2 Å². The summed E-state index contributed by atoms with van der Waals surface area (Å²) < 4.78 is 0. The molecule has 1 aromatic carbocycles. The first-order valence-corrected chi connectivity index (χ1v) is 8.74. The van der Waals surface area contributed by atoms with Gasteiger partial charge in [0.1, 0.15) is 0 Å². The largest absolute Gasteiger partial charge is 0.324 e. The number of para-hydroxylation sites is 1. The van der Waals surface area contributed by atoms with E-state index < -0.39 is 0 Å². The number of carbonyl (C=O) groups is 1. The molecule has 1 fully saturated rings. The summed E-state index contributed by atoms with van der Waals surface area (Å²) in [6.45, 7) is 10.4. The van der Waals surface area contributed by atoms with Gasteiger partial charge in [-0.15, -0.1) is 0 Å². The van der Waals surface area contributed by atoms with Crippen LogP contribution in [0.1, 0.15) is 64.0 Å². The quantitative estimate of drug-likeness (QED) is 0.753. The first kappa shape index (κ1) is 16.9. The lowest BCUT2D eigenvalue weighted by molar-refractivity contribution is 0.209. The molecule has 1 aromatic rings. The number of aryl methyl sites for hydroxylation is 1. The summed E-state index contributed by atoms with van der Waals surface area (Å²) in [5.74, 6) is 1.13. The maximum absolute atomic E-state index is 12.7. The average Bonchev–Trinajstić information content (AvgIpc) is 3.30. The molecule has 3 heteroatoms. The Morgan fingerprint density at radius 1 is 1.32 bits per heavy atom. The van der Waals surface area contributed by atoms with Gasteiger partial charge in [-0.1, -0.05) is 45.9 Å². The fraction of sp³-hybridized carbons (Fsp3) is 0.632. The lowest BCUT2D eigenvalue weighted by Crippen LogP contribution is -2.37. The van der Waals surface area contributed by atoms with Crippen molar-refractivity contribution in [1.82, 2.24) is 4.90 Å². The van der Waals surface area contributed by atoms with Gasteiger partial charge in [0.05, 0.1) is 0 Å². The van der Waals surface area contributed by atoms with Crippen LogP contribution in [0.5, 0.6) is 0 Å². The van der Waals surface area contributed by atoms with Crippen LogP contribution in [-0.4, -0.2) is 24.0 Å². The summed E-state index contributed by atoms with van der Waals surface area (Å²) in [6, 6.07) is 6.41. The number of urea groups is 1. The summed E-state index contributed by atoms with van der Waals surface area (Å²) in [6.07, 6.45) is 4.49. The van der Waals surface area contributed by atoms with Gasteiger partial charge in [0.25, 0.3) is 0 Å². The van der Waals surface area contributed by atoms with E-state index in [-0.39, 0.29) is 6.03 Å². The second-order valence-electron chi connectivity index (χ2n) is 6.71. The van der Waals surface area contributed by atoms with E-state index in [1.165, 1.54) is 24.0 Å². The van der Waals surface area contributed by atoms with Crippen LogP contribution in [0.3, 0.4) is 0 Å². The number of hydrogen-bond acceptors (Lipinski definition) is 1. The number of hydrogen-bond donors (Lipinski definition) is 1. The van der Waals surface area contributed by atoms with Crippen LogP contribution in [0, 0.1) is 5.92 Å². The molecular formula is C19H30N2O. The Morgan fingerprint density at radius 3 is 2.59 bits per heavy atom. The van der Waals surface area contributed by atoms with E-state index in [0.29, 0.717) is 5.92 Å². The minimum atomic E-state index is 0.0662. The van der Waals surface area contributed by atoms with E-state index in [2.05, 4.69) is 51.2 Å². The summed E-state index contributed by atoms with van der Waals surface area (Å²) in [7, 11) is 0. The van der Waals surface area contributed by atoms with E-state index in [0.717, 1.165) is 37.5 Å². The van der Waals surface area contributed by atoms with Crippen molar-refractivity contribution in [3.8, 4) is 0 Å². The number of nitrogens with one attached hydrogen (secondary N) is 1. The zero-order chi connectivity index (χ0) is 16.1. The Kier molecular flexibility index (Phi) is 5.87. The van der Waals surface area contributed by atoms with Crippen molar-refractivity contribution < 1.29 is 4.79 Å². The van der Waals surface area contributed by atoms with Crippen LogP contribution in [-0.2, 0) is 6.42 Å². The van der Waals surface area contributed by atoms with Crippen molar-refractivity contribution in [3.63, 3.8) is 0 Å². The molecule has 2 rings (SSSR count). The van der Waals surface area contributed by atoms with Gasteiger partial charge in [-0.05, 0) is 48.6 Å². The smallest absolute Gasteiger partial charge is 0.321 e. The molecule has 22 heavy (non-hydrogen) atoms. The molecule has 1 saturated carbocycles. The second-order valence-corrected chi connectivity index (χ2v) is 6.71. The van der Waals surface area contributed by atoms with Crippen molar-refractivity contribution in [2.75, 3.05) is 18.4 Å². The van der Waals surface area contributed by atoms with E-state index >= 15 is 0 Å². The molecule has 1 aliphatic rings. The van der Waals surface area contributed by atoms with Gasteiger partial charge in [-0.25, -0.2) is 4.79 Å².